The number of anilines is 2. The number of aromatic nitrogens is 4. The van der Waals surface area contributed by atoms with Crippen LogP contribution in [0.15, 0.2) is 12.4 Å². The summed E-state index contributed by atoms with van der Waals surface area (Å²) in [5.74, 6) is -0.147. The van der Waals surface area contributed by atoms with Gasteiger partial charge in [-0.3, -0.25) is 25.5 Å². The van der Waals surface area contributed by atoms with Gasteiger partial charge in [0.15, 0.2) is 11.6 Å². The molecule has 0 spiro atoms. The van der Waals surface area contributed by atoms with E-state index in [0.717, 1.165) is 0 Å². The maximum atomic E-state index is 12.3. The number of amides is 3. The molecule has 2 heterocycles. The van der Waals surface area contributed by atoms with E-state index in [4.69, 9.17) is 11.1 Å². The van der Waals surface area contributed by atoms with Crippen molar-refractivity contribution in [1.82, 2.24) is 24.4 Å². The maximum absolute atomic E-state index is 12.3. The minimum absolute atomic E-state index is 0.0694. The van der Waals surface area contributed by atoms with E-state index >= 15 is 0 Å². The molecule has 0 aromatic carbocycles. The van der Waals surface area contributed by atoms with Crippen molar-refractivity contribution in [2.45, 2.75) is 6.42 Å². The van der Waals surface area contributed by atoms with E-state index in [9.17, 15) is 14.4 Å². The Morgan fingerprint density at radius 1 is 1.15 bits per heavy atom. The fourth-order valence-electron chi connectivity index (χ4n) is 2.12. The van der Waals surface area contributed by atoms with Crippen molar-refractivity contribution in [3.63, 3.8) is 0 Å². The quantitative estimate of drug-likeness (QED) is 0.193. The normalized spacial score (nSPS) is 10.2. The summed E-state index contributed by atoms with van der Waals surface area (Å²) in [7, 11) is 3.23. The summed E-state index contributed by atoms with van der Waals surface area (Å²) in [5, 5.41) is 12.9. The van der Waals surface area contributed by atoms with Crippen LogP contribution in [0.25, 0.3) is 0 Å². The zero-order valence-corrected chi connectivity index (χ0v) is 14.3. The Bertz CT molecular complexity index is 852. The summed E-state index contributed by atoms with van der Waals surface area (Å²) >= 11 is 0. The number of amidine groups is 1. The largest absolute Gasteiger partial charge is 0.349 e. The molecule has 2 aromatic heterocycles. The third-order valence-electron chi connectivity index (χ3n) is 3.31. The fraction of sp³-hybridized carbons (Fsp3) is 0.286. The van der Waals surface area contributed by atoms with Crippen LogP contribution in [0.1, 0.15) is 27.7 Å². The second-order valence-electron chi connectivity index (χ2n) is 5.42. The number of hydrogen-bond acceptors (Lipinski definition) is 5. The van der Waals surface area contributed by atoms with Gasteiger partial charge in [0.25, 0.3) is 11.8 Å². The van der Waals surface area contributed by atoms with Gasteiger partial charge in [0, 0.05) is 33.0 Å². The molecule has 138 valence electrons. The van der Waals surface area contributed by atoms with Crippen molar-refractivity contribution in [3.8, 4) is 0 Å². The molecule has 0 unspecified atom stereocenters. The first-order chi connectivity index (χ1) is 12.3. The zero-order valence-electron chi connectivity index (χ0n) is 14.3. The van der Waals surface area contributed by atoms with Gasteiger partial charge >= 0.3 is 0 Å². The molecule has 0 radical (unpaired) electrons. The Balaban J connectivity index is 2.06. The van der Waals surface area contributed by atoms with Gasteiger partial charge in [-0.1, -0.05) is 0 Å². The lowest BCUT2D eigenvalue weighted by atomic mass is 10.4. The number of carbonyl (C=O) groups is 3. The minimum atomic E-state index is -0.540. The molecule has 26 heavy (non-hydrogen) atoms. The van der Waals surface area contributed by atoms with E-state index in [0.29, 0.717) is 12.8 Å². The molecule has 0 bridgehead atoms. The van der Waals surface area contributed by atoms with Gasteiger partial charge in [-0.25, -0.2) is 9.97 Å². The van der Waals surface area contributed by atoms with Crippen LogP contribution in [0.5, 0.6) is 0 Å². The predicted octanol–water partition coefficient (Wildman–Crippen LogP) is -2.79. The van der Waals surface area contributed by atoms with E-state index in [1.807, 2.05) is 0 Å². The molecule has 0 saturated heterocycles. The zero-order chi connectivity index (χ0) is 19.3. The third-order valence-corrected chi connectivity index (χ3v) is 3.31. The van der Waals surface area contributed by atoms with Gasteiger partial charge < -0.3 is 25.1 Å². The van der Waals surface area contributed by atoms with Crippen LogP contribution in [0.3, 0.4) is 0 Å². The summed E-state index contributed by atoms with van der Waals surface area (Å²) in [6, 6.07) is 0. The molecule has 12 nitrogen and oxygen atoms in total. The molecule has 0 saturated carbocycles. The standard InChI is InChI=1S/C14H19N9O3/c1-22-5-9(18-7-24)19-12(22)14(26)21-10-6-23(2)11(20-10)13(25)17-4-3-8(15)16/h5-7H,3-4H2,1-2H3,(H3,15,16)(H,17,25)(H,18,24)(H,21,26)/p+1. The van der Waals surface area contributed by atoms with E-state index in [1.54, 1.807) is 14.1 Å². The Morgan fingerprint density at radius 2 is 1.73 bits per heavy atom. The molecule has 2 rings (SSSR count). The average molecular weight is 362 g/mol. The molecule has 3 amide bonds. The highest BCUT2D eigenvalue weighted by Crippen LogP contribution is 2.11. The van der Waals surface area contributed by atoms with Gasteiger partial charge in [0.05, 0.1) is 6.42 Å². The fourth-order valence-corrected chi connectivity index (χ4v) is 2.12. The molecule has 7 N–H and O–H groups in total. The predicted molar refractivity (Wildman–Crippen MR) is 92.1 cm³/mol. The summed E-state index contributed by atoms with van der Waals surface area (Å²) in [6.45, 7) is 0.273. The monoisotopic (exact) mass is 362 g/mol. The first-order valence-electron chi connectivity index (χ1n) is 7.55. The molecule has 0 aliphatic heterocycles. The minimum Gasteiger partial charge on any atom is -0.349 e. The highest BCUT2D eigenvalue weighted by atomic mass is 16.2. The number of rotatable bonds is 8. The van der Waals surface area contributed by atoms with E-state index < -0.39 is 11.8 Å². The second-order valence-corrected chi connectivity index (χ2v) is 5.42. The summed E-state index contributed by atoms with van der Waals surface area (Å²) < 4.78 is 2.92. The van der Waals surface area contributed by atoms with Crippen LogP contribution >= 0.6 is 0 Å². The number of nitrogens with one attached hydrogen (secondary N) is 3. The molecular weight excluding hydrogens is 342 g/mol. The molecule has 0 aliphatic rings. The molecule has 12 heteroatoms. The van der Waals surface area contributed by atoms with Gasteiger partial charge in [-0.05, 0) is 0 Å². The average Bonchev–Trinajstić information content (AvgIpc) is 3.10. The van der Waals surface area contributed by atoms with Crippen LogP contribution in [-0.2, 0) is 18.9 Å². The molecule has 0 atom stereocenters. The van der Waals surface area contributed by atoms with Crippen LogP contribution < -0.4 is 27.1 Å². The van der Waals surface area contributed by atoms with Crippen LogP contribution in [0.2, 0.25) is 0 Å². The van der Waals surface area contributed by atoms with Gasteiger partial charge in [0.2, 0.25) is 23.9 Å². The highest BCUT2D eigenvalue weighted by Gasteiger charge is 2.18. The van der Waals surface area contributed by atoms with E-state index in [-0.39, 0.29) is 35.7 Å². The topological polar surface area (TPSA) is 175 Å². The lowest BCUT2D eigenvalue weighted by molar-refractivity contribution is -0.117. The SMILES string of the molecule is Cn1cc(NC(=O)c2nc(NC=O)cn2C)nc1C(=O)NCCC(N)=[NH2+]. The molecule has 2 aromatic rings. The van der Waals surface area contributed by atoms with Crippen LogP contribution in [-0.4, -0.2) is 49.7 Å². The van der Waals surface area contributed by atoms with Gasteiger partial charge in [-0.15, -0.1) is 0 Å². The van der Waals surface area contributed by atoms with E-state index in [1.165, 1.54) is 21.5 Å². The van der Waals surface area contributed by atoms with Crippen molar-refractivity contribution < 1.29 is 19.8 Å². The number of aryl methyl sites for hydroxylation is 2. The van der Waals surface area contributed by atoms with Gasteiger partial charge in [-0.2, -0.15) is 0 Å². The summed E-state index contributed by atoms with van der Waals surface area (Å²) in [5.41, 5.74) is 5.34. The molecular formula is C14H20N9O3+. The van der Waals surface area contributed by atoms with Crippen LogP contribution in [0.4, 0.5) is 11.6 Å². The van der Waals surface area contributed by atoms with E-state index in [2.05, 4.69) is 25.9 Å². The summed E-state index contributed by atoms with van der Waals surface area (Å²) in [4.78, 5) is 42.9. The summed E-state index contributed by atoms with van der Waals surface area (Å²) in [6.07, 6.45) is 3.78. The van der Waals surface area contributed by atoms with Gasteiger partial charge in [0.1, 0.15) is 0 Å². The maximum Gasteiger partial charge on any atom is 0.292 e. The number of nitrogens with two attached hydrogens (primary N) is 2. The number of nitrogens with zero attached hydrogens (tertiary/aromatic N) is 4. The Morgan fingerprint density at radius 3 is 2.35 bits per heavy atom. The first-order valence-corrected chi connectivity index (χ1v) is 7.55. The van der Waals surface area contributed by atoms with Crippen molar-refractivity contribution in [2.75, 3.05) is 17.2 Å². The lowest BCUT2D eigenvalue weighted by Gasteiger charge is -2.02. The number of carbonyl (C=O) groups excluding carboxylic acids is 3. The first kappa shape index (κ1) is 18.6. The highest BCUT2D eigenvalue weighted by molar-refractivity contribution is 6.02. The second kappa shape index (κ2) is 7.92. The van der Waals surface area contributed by atoms with Crippen molar-refractivity contribution in [3.05, 3.63) is 24.0 Å². The number of hydrogen-bond donors (Lipinski definition) is 5. The Labute approximate surface area is 148 Å². The Kier molecular flexibility index (Phi) is 5.67. The van der Waals surface area contributed by atoms with Crippen molar-refractivity contribution in [1.29, 1.82) is 0 Å². The molecule has 0 aliphatic carbocycles. The number of imidazole rings is 2. The smallest absolute Gasteiger partial charge is 0.292 e. The van der Waals surface area contributed by atoms with Crippen molar-refractivity contribution >= 4 is 35.7 Å². The van der Waals surface area contributed by atoms with Crippen LogP contribution in [0, 0.1) is 0 Å². The third kappa shape index (κ3) is 4.43. The Hall–Kier alpha value is -3.70. The van der Waals surface area contributed by atoms with Crippen molar-refractivity contribution in [2.24, 2.45) is 19.8 Å². The lowest BCUT2D eigenvalue weighted by Crippen LogP contribution is -2.47. The molecule has 0 fully saturated rings.